The van der Waals surface area contributed by atoms with Crippen LogP contribution in [0.2, 0.25) is 0 Å². The van der Waals surface area contributed by atoms with Crippen LogP contribution < -0.4 is 5.43 Å². The van der Waals surface area contributed by atoms with Gasteiger partial charge < -0.3 is 0 Å². The molecule has 0 aliphatic carbocycles. The van der Waals surface area contributed by atoms with Crippen molar-refractivity contribution >= 4 is 11.9 Å². The molecule has 5 heteroatoms. The van der Waals surface area contributed by atoms with E-state index < -0.39 is 11.7 Å². The van der Waals surface area contributed by atoms with Gasteiger partial charge in [-0.25, -0.2) is 0 Å². The van der Waals surface area contributed by atoms with Gasteiger partial charge >= 0.3 is 6.18 Å². The fourth-order valence-electron chi connectivity index (χ4n) is 2.40. The Kier molecular flexibility index (Phi) is 4.84. The van der Waals surface area contributed by atoms with E-state index in [1.54, 1.807) is 6.21 Å². The van der Waals surface area contributed by atoms with Gasteiger partial charge in [0, 0.05) is 5.56 Å². The second kappa shape index (κ2) is 7.21. The van der Waals surface area contributed by atoms with E-state index in [0.717, 1.165) is 28.9 Å². The monoisotopic (exact) mass is 340 g/mol. The molecule has 3 aromatic carbocycles. The molecule has 0 aliphatic rings. The Balaban J connectivity index is 1.83. The first-order chi connectivity index (χ1) is 12.0. The molecule has 0 unspecified atom stereocenters. The Morgan fingerprint density at radius 3 is 2.08 bits per heavy atom. The lowest BCUT2D eigenvalue weighted by Crippen LogP contribution is -2.04. The van der Waals surface area contributed by atoms with Crippen LogP contribution in [0.5, 0.6) is 0 Å². The van der Waals surface area contributed by atoms with E-state index in [2.05, 4.69) is 10.5 Å². The van der Waals surface area contributed by atoms with Crippen molar-refractivity contribution in [2.45, 2.75) is 6.18 Å². The highest BCUT2D eigenvalue weighted by atomic mass is 19.4. The van der Waals surface area contributed by atoms with Gasteiger partial charge in [-0.3, -0.25) is 5.43 Å². The van der Waals surface area contributed by atoms with Crippen LogP contribution in [0.4, 0.5) is 18.9 Å². The van der Waals surface area contributed by atoms with Gasteiger partial charge in [0.15, 0.2) is 0 Å². The number of anilines is 1. The SMILES string of the molecule is FC(F)(F)c1ccc(-c2ccccc2C=NNc2ccccc2)cc1. The van der Waals surface area contributed by atoms with Gasteiger partial charge in [-0.1, -0.05) is 54.6 Å². The molecule has 0 aliphatic heterocycles. The van der Waals surface area contributed by atoms with Crippen molar-refractivity contribution in [3.8, 4) is 11.1 Å². The number of benzene rings is 3. The molecular formula is C20H15F3N2. The predicted octanol–water partition coefficient (Wildman–Crippen LogP) is 5.82. The minimum atomic E-state index is -4.33. The fourth-order valence-corrected chi connectivity index (χ4v) is 2.40. The number of nitrogens with one attached hydrogen (secondary N) is 1. The maximum absolute atomic E-state index is 12.7. The number of hydrazone groups is 1. The quantitative estimate of drug-likeness (QED) is 0.470. The minimum Gasteiger partial charge on any atom is -0.279 e. The number of halogens is 3. The molecule has 126 valence electrons. The van der Waals surface area contributed by atoms with E-state index in [4.69, 9.17) is 0 Å². The normalized spacial score (nSPS) is 11.6. The van der Waals surface area contributed by atoms with Crippen molar-refractivity contribution in [3.05, 3.63) is 90.0 Å². The molecule has 0 radical (unpaired) electrons. The number of hydrogen-bond donors (Lipinski definition) is 1. The van der Waals surface area contributed by atoms with Crippen LogP contribution in [0.3, 0.4) is 0 Å². The number of para-hydroxylation sites is 1. The second-order valence-corrected chi connectivity index (χ2v) is 5.40. The van der Waals surface area contributed by atoms with E-state index in [1.165, 1.54) is 12.1 Å². The van der Waals surface area contributed by atoms with Gasteiger partial charge in [-0.15, -0.1) is 0 Å². The zero-order chi connectivity index (χ0) is 17.7. The van der Waals surface area contributed by atoms with Gasteiger partial charge in [0.2, 0.25) is 0 Å². The lowest BCUT2D eigenvalue weighted by molar-refractivity contribution is -0.137. The summed E-state index contributed by atoms with van der Waals surface area (Å²) in [5.74, 6) is 0. The van der Waals surface area contributed by atoms with Gasteiger partial charge in [0.25, 0.3) is 0 Å². The van der Waals surface area contributed by atoms with Crippen LogP contribution >= 0.6 is 0 Å². The third-order valence-corrected chi connectivity index (χ3v) is 3.66. The first-order valence-corrected chi connectivity index (χ1v) is 7.65. The van der Waals surface area contributed by atoms with Crippen molar-refractivity contribution in [1.82, 2.24) is 0 Å². The molecular weight excluding hydrogens is 325 g/mol. The summed E-state index contributed by atoms with van der Waals surface area (Å²) in [5.41, 5.74) is 5.44. The number of rotatable bonds is 4. The summed E-state index contributed by atoms with van der Waals surface area (Å²) in [6.45, 7) is 0. The van der Waals surface area contributed by atoms with Crippen molar-refractivity contribution in [3.63, 3.8) is 0 Å². The van der Waals surface area contributed by atoms with E-state index in [0.29, 0.717) is 5.56 Å². The van der Waals surface area contributed by atoms with Gasteiger partial charge in [0.05, 0.1) is 17.5 Å². The highest BCUT2D eigenvalue weighted by Gasteiger charge is 2.29. The molecule has 0 spiro atoms. The summed E-state index contributed by atoms with van der Waals surface area (Å²) < 4.78 is 38.1. The van der Waals surface area contributed by atoms with Crippen LogP contribution in [-0.2, 0) is 6.18 Å². The lowest BCUT2D eigenvalue weighted by atomic mass is 9.99. The summed E-state index contributed by atoms with van der Waals surface area (Å²) in [7, 11) is 0. The maximum atomic E-state index is 12.7. The van der Waals surface area contributed by atoms with Crippen LogP contribution in [0.25, 0.3) is 11.1 Å². The largest absolute Gasteiger partial charge is 0.416 e. The molecule has 1 N–H and O–H groups in total. The van der Waals surface area contributed by atoms with Gasteiger partial charge in [-0.2, -0.15) is 18.3 Å². The molecule has 0 heterocycles. The summed E-state index contributed by atoms with van der Waals surface area (Å²) in [6, 6.07) is 22.0. The highest BCUT2D eigenvalue weighted by Crippen LogP contribution is 2.31. The smallest absolute Gasteiger partial charge is 0.279 e. The van der Waals surface area contributed by atoms with Crippen molar-refractivity contribution in [2.24, 2.45) is 5.10 Å². The van der Waals surface area contributed by atoms with Crippen LogP contribution in [0.15, 0.2) is 84.0 Å². The summed E-state index contributed by atoms with van der Waals surface area (Å²) in [4.78, 5) is 0. The second-order valence-electron chi connectivity index (χ2n) is 5.40. The molecule has 25 heavy (non-hydrogen) atoms. The molecule has 3 rings (SSSR count). The maximum Gasteiger partial charge on any atom is 0.416 e. The lowest BCUT2D eigenvalue weighted by Gasteiger charge is -2.09. The van der Waals surface area contributed by atoms with E-state index in [9.17, 15) is 13.2 Å². The first-order valence-electron chi connectivity index (χ1n) is 7.65. The van der Waals surface area contributed by atoms with Gasteiger partial charge in [-0.05, 0) is 35.4 Å². The standard InChI is InChI=1S/C20H15F3N2/c21-20(22,23)17-12-10-15(11-13-17)19-9-5-4-6-16(19)14-24-25-18-7-2-1-3-8-18/h1-14,25H. The van der Waals surface area contributed by atoms with Crippen molar-refractivity contribution in [1.29, 1.82) is 0 Å². The van der Waals surface area contributed by atoms with Gasteiger partial charge in [0.1, 0.15) is 0 Å². The van der Waals surface area contributed by atoms with Crippen molar-refractivity contribution in [2.75, 3.05) is 5.43 Å². The molecule has 0 fully saturated rings. The van der Waals surface area contributed by atoms with Crippen LogP contribution in [0.1, 0.15) is 11.1 Å². The molecule has 3 aromatic rings. The molecule has 0 aromatic heterocycles. The number of hydrogen-bond acceptors (Lipinski definition) is 2. The third kappa shape index (κ3) is 4.26. The van der Waals surface area contributed by atoms with Crippen LogP contribution in [0, 0.1) is 0 Å². The number of nitrogens with zero attached hydrogens (tertiary/aromatic N) is 1. The zero-order valence-corrected chi connectivity index (χ0v) is 13.2. The Bertz CT molecular complexity index is 854. The Morgan fingerprint density at radius 2 is 1.40 bits per heavy atom. The third-order valence-electron chi connectivity index (χ3n) is 3.66. The summed E-state index contributed by atoms with van der Waals surface area (Å²) in [5, 5.41) is 4.20. The number of alkyl halides is 3. The zero-order valence-electron chi connectivity index (χ0n) is 13.2. The molecule has 0 atom stereocenters. The minimum absolute atomic E-state index is 0.659. The molecule has 0 amide bonds. The summed E-state index contributed by atoms with van der Waals surface area (Å²) >= 11 is 0. The van der Waals surface area contributed by atoms with E-state index in [-0.39, 0.29) is 0 Å². The topological polar surface area (TPSA) is 24.4 Å². The van der Waals surface area contributed by atoms with Crippen molar-refractivity contribution < 1.29 is 13.2 Å². The predicted molar refractivity (Wildman–Crippen MR) is 94.5 cm³/mol. The summed E-state index contributed by atoms with van der Waals surface area (Å²) in [6.07, 6.45) is -2.68. The highest BCUT2D eigenvalue weighted by molar-refractivity contribution is 5.90. The average Bonchev–Trinajstić information content (AvgIpc) is 2.62. The molecule has 0 saturated carbocycles. The molecule has 2 nitrogen and oxygen atoms in total. The first kappa shape index (κ1) is 16.8. The molecule has 0 bridgehead atoms. The van der Waals surface area contributed by atoms with E-state index in [1.807, 2.05) is 54.6 Å². The fraction of sp³-hybridized carbons (Fsp3) is 0.0500. The molecule has 0 saturated heterocycles. The Hall–Kier alpha value is -3.08. The average molecular weight is 340 g/mol. The van der Waals surface area contributed by atoms with E-state index >= 15 is 0 Å². The Labute approximate surface area is 143 Å². The van der Waals surface area contributed by atoms with Crippen LogP contribution in [-0.4, -0.2) is 6.21 Å². The Morgan fingerprint density at radius 1 is 0.760 bits per heavy atom.